The molecule has 1 aliphatic rings. The van der Waals surface area contributed by atoms with Crippen LogP contribution < -0.4 is 5.32 Å². The van der Waals surface area contributed by atoms with E-state index in [1.165, 1.54) is 18.6 Å². The number of nitrogens with one attached hydrogen (secondary N) is 1. The van der Waals surface area contributed by atoms with Crippen molar-refractivity contribution in [2.75, 3.05) is 12.3 Å². The minimum atomic E-state index is -0.713. The first-order chi connectivity index (χ1) is 6.74. The fourth-order valence-electron chi connectivity index (χ4n) is 1.68. The van der Waals surface area contributed by atoms with Gasteiger partial charge in [0.25, 0.3) is 0 Å². The van der Waals surface area contributed by atoms with Gasteiger partial charge in [-0.3, -0.25) is 4.79 Å². The van der Waals surface area contributed by atoms with Crippen LogP contribution in [0.15, 0.2) is 0 Å². The number of hydrogen-bond acceptors (Lipinski definition) is 3. The van der Waals surface area contributed by atoms with Crippen molar-refractivity contribution in [2.45, 2.75) is 43.9 Å². The lowest BCUT2D eigenvalue weighted by molar-refractivity contribution is -0.139. The smallest absolute Gasteiger partial charge is 0.320 e. The number of carboxylic acid groups (broad SMARTS) is 1. The third kappa shape index (κ3) is 3.88. The van der Waals surface area contributed by atoms with Crippen LogP contribution in [0, 0.1) is 0 Å². The Hall–Kier alpha value is -0.220. The van der Waals surface area contributed by atoms with Gasteiger partial charge in [0.05, 0.1) is 0 Å². The number of aliphatic carboxylic acids is 1. The predicted octanol–water partition coefficient (Wildman–Crippen LogP) is 1.72. The molecule has 82 valence electrons. The van der Waals surface area contributed by atoms with Gasteiger partial charge in [-0.05, 0) is 25.0 Å². The Bertz CT molecular complexity index is 181. The van der Waals surface area contributed by atoms with Gasteiger partial charge in [-0.25, -0.2) is 0 Å². The first kappa shape index (κ1) is 11.9. The summed E-state index contributed by atoms with van der Waals surface area (Å²) in [6, 6.07) is -0.346. The molecule has 0 radical (unpaired) electrons. The van der Waals surface area contributed by atoms with Crippen molar-refractivity contribution in [3.8, 4) is 0 Å². The van der Waals surface area contributed by atoms with Gasteiger partial charge in [0, 0.05) is 11.8 Å². The topological polar surface area (TPSA) is 49.3 Å². The Labute approximate surface area is 89.6 Å². The molecular formula is C10H19NO2S. The van der Waals surface area contributed by atoms with E-state index in [4.69, 9.17) is 5.11 Å². The molecule has 0 spiro atoms. The van der Waals surface area contributed by atoms with E-state index < -0.39 is 5.97 Å². The number of thioether (sulfide) groups is 1. The molecule has 1 heterocycles. The Morgan fingerprint density at radius 1 is 1.71 bits per heavy atom. The average molecular weight is 217 g/mol. The van der Waals surface area contributed by atoms with Crippen LogP contribution in [-0.4, -0.2) is 34.7 Å². The van der Waals surface area contributed by atoms with Gasteiger partial charge >= 0.3 is 5.97 Å². The fourth-order valence-corrected chi connectivity index (χ4v) is 2.89. The molecule has 2 atom stereocenters. The summed E-state index contributed by atoms with van der Waals surface area (Å²) in [6.45, 7) is 2.86. The normalized spacial score (nSPS) is 23.6. The van der Waals surface area contributed by atoms with Crippen molar-refractivity contribution < 1.29 is 9.90 Å². The Morgan fingerprint density at radius 2 is 2.50 bits per heavy atom. The zero-order valence-electron chi connectivity index (χ0n) is 8.66. The van der Waals surface area contributed by atoms with E-state index in [2.05, 4.69) is 5.32 Å². The second kappa shape index (κ2) is 6.30. The zero-order chi connectivity index (χ0) is 10.4. The molecule has 0 amide bonds. The maximum absolute atomic E-state index is 10.8. The van der Waals surface area contributed by atoms with Crippen LogP contribution in [0.4, 0.5) is 0 Å². The highest BCUT2D eigenvalue weighted by Crippen LogP contribution is 2.25. The first-order valence-corrected chi connectivity index (χ1v) is 6.36. The summed E-state index contributed by atoms with van der Waals surface area (Å²) >= 11 is 1.96. The lowest BCUT2D eigenvalue weighted by atomic mass is 10.1. The molecule has 0 aliphatic carbocycles. The number of carbonyl (C=O) groups is 1. The van der Waals surface area contributed by atoms with Crippen molar-refractivity contribution in [3.63, 3.8) is 0 Å². The third-order valence-electron chi connectivity index (χ3n) is 2.49. The summed E-state index contributed by atoms with van der Waals surface area (Å²) in [5.74, 6) is 0.521. The van der Waals surface area contributed by atoms with E-state index in [1.54, 1.807) is 0 Å². The van der Waals surface area contributed by atoms with Crippen LogP contribution in [0.5, 0.6) is 0 Å². The second-order valence-electron chi connectivity index (χ2n) is 3.72. The summed E-state index contributed by atoms with van der Waals surface area (Å²) in [5, 5.41) is 12.7. The molecule has 1 fully saturated rings. The molecule has 0 aromatic rings. The van der Waals surface area contributed by atoms with E-state index >= 15 is 0 Å². The van der Waals surface area contributed by atoms with Crippen molar-refractivity contribution in [1.29, 1.82) is 0 Å². The third-order valence-corrected chi connectivity index (χ3v) is 3.89. The minimum Gasteiger partial charge on any atom is -0.480 e. The van der Waals surface area contributed by atoms with E-state index in [9.17, 15) is 4.79 Å². The van der Waals surface area contributed by atoms with Gasteiger partial charge < -0.3 is 10.4 Å². The van der Waals surface area contributed by atoms with Crippen molar-refractivity contribution in [2.24, 2.45) is 0 Å². The first-order valence-electron chi connectivity index (χ1n) is 5.31. The Morgan fingerprint density at radius 3 is 3.00 bits per heavy atom. The molecule has 0 aromatic carbocycles. The molecule has 2 N–H and O–H groups in total. The van der Waals surface area contributed by atoms with Crippen LogP contribution in [-0.2, 0) is 4.79 Å². The van der Waals surface area contributed by atoms with E-state index in [-0.39, 0.29) is 6.04 Å². The molecular weight excluding hydrogens is 198 g/mol. The van der Waals surface area contributed by atoms with E-state index in [0.29, 0.717) is 5.25 Å². The number of carboxylic acids is 1. The molecule has 14 heavy (non-hydrogen) atoms. The highest BCUT2D eigenvalue weighted by atomic mass is 32.2. The van der Waals surface area contributed by atoms with Gasteiger partial charge in [-0.1, -0.05) is 13.3 Å². The lowest BCUT2D eigenvalue weighted by Gasteiger charge is -2.16. The largest absolute Gasteiger partial charge is 0.480 e. The highest BCUT2D eigenvalue weighted by molar-refractivity contribution is 8.00. The van der Waals surface area contributed by atoms with E-state index in [1.807, 2.05) is 18.7 Å². The van der Waals surface area contributed by atoms with Crippen LogP contribution in [0.1, 0.15) is 32.6 Å². The number of rotatable bonds is 6. The van der Waals surface area contributed by atoms with Crippen LogP contribution in [0.25, 0.3) is 0 Å². The lowest BCUT2D eigenvalue weighted by Crippen LogP contribution is -2.39. The molecule has 1 saturated heterocycles. The van der Waals surface area contributed by atoms with Crippen LogP contribution in [0.2, 0.25) is 0 Å². The van der Waals surface area contributed by atoms with E-state index in [0.717, 1.165) is 19.4 Å². The molecule has 3 nitrogen and oxygen atoms in total. The number of hydrogen-bond donors (Lipinski definition) is 2. The summed E-state index contributed by atoms with van der Waals surface area (Å²) in [5.41, 5.74) is 0. The average Bonchev–Trinajstić information content (AvgIpc) is 2.64. The van der Waals surface area contributed by atoms with Gasteiger partial charge in [0.2, 0.25) is 0 Å². The second-order valence-corrected chi connectivity index (χ2v) is 5.13. The highest BCUT2D eigenvalue weighted by Gasteiger charge is 2.20. The molecule has 2 unspecified atom stereocenters. The van der Waals surface area contributed by atoms with Crippen LogP contribution >= 0.6 is 11.8 Å². The van der Waals surface area contributed by atoms with Crippen molar-refractivity contribution in [3.05, 3.63) is 0 Å². The molecule has 4 heteroatoms. The maximum atomic E-state index is 10.8. The maximum Gasteiger partial charge on any atom is 0.320 e. The summed E-state index contributed by atoms with van der Waals surface area (Å²) < 4.78 is 0. The fraction of sp³-hybridized carbons (Fsp3) is 0.900. The standard InChI is InChI=1S/C10H19NO2S/c1-2-4-9(10(12)13)11-7-8-5-3-6-14-8/h8-9,11H,2-7H2,1H3,(H,12,13). The summed E-state index contributed by atoms with van der Waals surface area (Å²) in [4.78, 5) is 10.8. The summed E-state index contributed by atoms with van der Waals surface area (Å²) in [6.07, 6.45) is 4.16. The molecule has 0 bridgehead atoms. The van der Waals surface area contributed by atoms with Gasteiger partial charge in [-0.15, -0.1) is 0 Å². The molecule has 0 saturated carbocycles. The van der Waals surface area contributed by atoms with Gasteiger partial charge in [0.1, 0.15) is 6.04 Å². The van der Waals surface area contributed by atoms with Gasteiger partial charge in [0.15, 0.2) is 0 Å². The van der Waals surface area contributed by atoms with Gasteiger partial charge in [-0.2, -0.15) is 11.8 Å². The Balaban J connectivity index is 2.21. The minimum absolute atomic E-state index is 0.346. The quantitative estimate of drug-likeness (QED) is 0.711. The SMILES string of the molecule is CCCC(NCC1CCCS1)C(=O)O. The van der Waals surface area contributed by atoms with Crippen LogP contribution in [0.3, 0.4) is 0 Å². The van der Waals surface area contributed by atoms with Crippen molar-refractivity contribution in [1.82, 2.24) is 5.32 Å². The Kier molecular flexibility index (Phi) is 5.33. The zero-order valence-corrected chi connectivity index (χ0v) is 9.48. The monoisotopic (exact) mass is 217 g/mol. The molecule has 1 aliphatic heterocycles. The summed E-state index contributed by atoms with van der Waals surface area (Å²) in [7, 11) is 0. The molecule has 1 rings (SSSR count). The predicted molar refractivity (Wildman–Crippen MR) is 59.8 cm³/mol. The van der Waals surface area contributed by atoms with Crippen molar-refractivity contribution >= 4 is 17.7 Å². The molecule has 0 aromatic heterocycles.